The largest absolute Gasteiger partial charge is 0.469 e. The van der Waals surface area contributed by atoms with Gasteiger partial charge in [-0.2, -0.15) is 0 Å². The van der Waals surface area contributed by atoms with Gasteiger partial charge in [0.2, 0.25) is 5.91 Å². The van der Waals surface area contributed by atoms with Gasteiger partial charge in [0.15, 0.2) is 0 Å². The number of hydrogen-bond donors (Lipinski definition) is 1. The molecule has 0 radical (unpaired) electrons. The number of carbonyl (C=O) groups is 3. The number of esters is 1. The molecular weight excluding hydrogens is 486 g/mol. The van der Waals surface area contributed by atoms with E-state index in [1.54, 1.807) is 16.2 Å². The van der Waals surface area contributed by atoms with Gasteiger partial charge < -0.3 is 19.5 Å². The van der Waals surface area contributed by atoms with E-state index in [9.17, 15) is 14.4 Å². The zero-order chi connectivity index (χ0) is 26.5. The van der Waals surface area contributed by atoms with Gasteiger partial charge in [-0.05, 0) is 80.2 Å². The number of anilines is 1. The molecule has 0 atom stereocenters. The Morgan fingerprint density at radius 1 is 1.14 bits per heavy atom. The number of benzene rings is 1. The van der Waals surface area contributed by atoms with E-state index in [0.29, 0.717) is 31.0 Å². The minimum absolute atomic E-state index is 0.00123. The summed E-state index contributed by atoms with van der Waals surface area (Å²) in [5.74, 6) is 0.0289. The molecule has 1 aliphatic carbocycles. The summed E-state index contributed by atoms with van der Waals surface area (Å²) in [7, 11) is 1.42. The van der Waals surface area contributed by atoms with Gasteiger partial charge in [0, 0.05) is 18.3 Å². The van der Waals surface area contributed by atoms with Crippen LogP contribution in [-0.2, 0) is 27.3 Å². The van der Waals surface area contributed by atoms with E-state index in [1.807, 2.05) is 41.1 Å². The SMILES string of the molecule is CCN(C(=O)Cn1c(C(=O)NC2CCC(C(=O)OC)CC2)cc2sccc21)c1cccc(CC(C)C)c1. The summed E-state index contributed by atoms with van der Waals surface area (Å²) >= 11 is 1.56. The van der Waals surface area contributed by atoms with Gasteiger partial charge >= 0.3 is 5.97 Å². The number of hydrogen-bond acceptors (Lipinski definition) is 5. The second-order valence-corrected chi connectivity index (χ2v) is 11.2. The molecule has 1 fully saturated rings. The van der Waals surface area contributed by atoms with Crippen molar-refractivity contribution in [3.8, 4) is 0 Å². The Balaban J connectivity index is 1.50. The molecule has 198 valence electrons. The van der Waals surface area contributed by atoms with Gasteiger partial charge in [-0.3, -0.25) is 14.4 Å². The van der Waals surface area contributed by atoms with Crippen LogP contribution in [0.5, 0.6) is 0 Å². The maximum absolute atomic E-state index is 13.6. The van der Waals surface area contributed by atoms with Crippen LogP contribution < -0.4 is 10.2 Å². The van der Waals surface area contributed by atoms with E-state index in [0.717, 1.165) is 35.2 Å². The molecule has 0 saturated heterocycles. The zero-order valence-corrected chi connectivity index (χ0v) is 23.0. The number of amides is 2. The Bertz CT molecular complexity index is 1250. The van der Waals surface area contributed by atoms with Gasteiger partial charge in [0.05, 0.1) is 23.2 Å². The van der Waals surface area contributed by atoms with Crippen molar-refractivity contribution in [1.29, 1.82) is 0 Å². The van der Waals surface area contributed by atoms with Crippen LogP contribution in [0.3, 0.4) is 0 Å². The van der Waals surface area contributed by atoms with Crippen molar-refractivity contribution in [2.75, 3.05) is 18.6 Å². The lowest BCUT2D eigenvalue weighted by Gasteiger charge is -2.28. The van der Waals surface area contributed by atoms with Crippen LogP contribution in [0.1, 0.15) is 62.5 Å². The van der Waals surface area contributed by atoms with Crippen molar-refractivity contribution in [1.82, 2.24) is 9.88 Å². The third-order valence-electron chi connectivity index (χ3n) is 7.13. The Kier molecular flexibility index (Phi) is 8.69. The molecule has 1 aliphatic rings. The average Bonchev–Trinajstić information content (AvgIpc) is 3.47. The normalized spacial score (nSPS) is 17.6. The molecule has 2 heterocycles. The molecule has 3 aromatic rings. The molecule has 2 amide bonds. The number of methoxy groups -OCH3 is 1. The number of carbonyl (C=O) groups excluding carboxylic acids is 3. The first kappa shape index (κ1) is 26.9. The maximum Gasteiger partial charge on any atom is 0.308 e. The fraction of sp³-hybridized carbons (Fsp3) is 0.483. The maximum atomic E-state index is 13.6. The number of fused-ring (bicyclic) bond motifs is 1. The van der Waals surface area contributed by atoms with Gasteiger partial charge in [-0.1, -0.05) is 26.0 Å². The van der Waals surface area contributed by atoms with Gasteiger partial charge in [0.25, 0.3) is 5.91 Å². The summed E-state index contributed by atoms with van der Waals surface area (Å²) in [6, 6.07) is 12.0. The van der Waals surface area contributed by atoms with Gasteiger partial charge in [-0.25, -0.2) is 0 Å². The first-order valence-corrected chi connectivity index (χ1v) is 14.0. The average molecular weight is 524 g/mol. The molecule has 1 aromatic carbocycles. The van der Waals surface area contributed by atoms with Crippen molar-refractivity contribution >= 4 is 45.0 Å². The Morgan fingerprint density at radius 3 is 2.57 bits per heavy atom. The lowest BCUT2D eigenvalue weighted by Crippen LogP contribution is -2.40. The molecule has 37 heavy (non-hydrogen) atoms. The summed E-state index contributed by atoms with van der Waals surface area (Å²) in [6.07, 6.45) is 3.82. The summed E-state index contributed by atoms with van der Waals surface area (Å²) in [5.41, 5.74) is 3.48. The molecular formula is C29H37N3O4S. The predicted octanol–water partition coefficient (Wildman–Crippen LogP) is 5.42. The lowest BCUT2D eigenvalue weighted by atomic mass is 9.86. The van der Waals surface area contributed by atoms with Crippen molar-refractivity contribution in [3.05, 3.63) is 53.0 Å². The van der Waals surface area contributed by atoms with E-state index in [1.165, 1.54) is 12.7 Å². The highest BCUT2D eigenvalue weighted by molar-refractivity contribution is 7.17. The number of nitrogens with zero attached hydrogens (tertiary/aromatic N) is 2. The highest BCUT2D eigenvalue weighted by atomic mass is 32.1. The predicted molar refractivity (Wildman–Crippen MR) is 148 cm³/mol. The number of likely N-dealkylation sites (N-methyl/N-ethyl adjacent to an activating group) is 1. The molecule has 1 N–H and O–H groups in total. The van der Waals surface area contributed by atoms with Crippen LogP contribution in [0.2, 0.25) is 0 Å². The molecule has 1 saturated carbocycles. The van der Waals surface area contributed by atoms with Crippen LogP contribution in [-0.4, -0.2) is 42.0 Å². The Morgan fingerprint density at radius 2 is 1.89 bits per heavy atom. The van der Waals surface area contributed by atoms with E-state index in [2.05, 4.69) is 31.3 Å². The second-order valence-electron chi connectivity index (χ2n) is 10.2. The first-order chi connectivity index (χ1) is 17.8. The van der Waals surface area contributed by atoms with Crippen LogP contribution >= 0.6 is 11.3 Å². The third-order valence-corrected chi connectivity index (χ3v) is 7.98. The van der Waals surface area contributed by atoms with Crippen LogP contribution in [0, 0.1) is 11.8 Å². The van der Waals surface area contributed by atoms with Crippen molar-refractivity contribution in [2.24, 2.45) is 11.8 Å². The third kappa shape index (κ3) is 6.24. The zero-order valence-electron chi connectivity index (χ0n) is 22.2. The number of thiophene rings is 1. The minimum atomic E-state index is -0.181. The van der Waals surface area contributed by atoms with E-state index >= 15 is 0 Å². The highest BCUT2D eigenvalue weighted by Gasteiger charge is 2.29. The monoisotopic (exact) mass is 523 g/mol. The molecule has 0 bridgehead atoms. The van der Waals surface area contributed by atoms with E-state index in [-0.39, 0.29) is 36.3 Å². The smallest absolute Gasteiger partial charge is 0.308 e. The molecule has 7 nitrogen and oxygen atoms in total. The summed E-state index contributed by atoms with van der Waals surface area (Å²) < 4.78 is 7.69. The fourth-order valence-corrected chi connectivity index (χ4v) is 6.10. The Hall–Kier alpha value is -3.13. The lowest BCUT2D eigenvalue weighted by molar-refractivity contribution is -0.146. The molecule has 0 spiro atoms. The van der Waals surface area contributed by atoms with E-state index < -0.39 is 0 Å². The molecule has 4 rings (SSSR count). The molecule has 8 heteroatoms. The van der Waals surface area contributed by atoms with E-state index in [4.69, 9.17) is 4.74 Å². The van der Waals surface area contributed by atoms with Gasteiger partial charge in [0.1, 0.15) is 12.2 Å². The minimum Gasteiger partial charge on any atom is -0.469 e. The van der Waals surface area contributed by atoms with Crippen molar-refractivity contribution in [3.63, 3.8) is 0 Å². The fourth-order valence-electron chi connectivity index (χ4n) is 5.28. The summed E-state index contributed by atoms with van der Waals surface area (Å²) in [4.78, 5) is 40.6. The topological polar surface area (TPSA) is 80.6 Å². The number of rotatable bonds is 9. The summed E-state index contributed by atoms with van der Waals surface area (Å²) in [5, 5.41) is 5.13. The second kappa shape index (κ2) is 11.9. The van der Waals surface area contributed by atoms with Crippen LogP contribution in [0.15, 0.2) is 41.8 Å². The van der Waals surface area contributed by atoms with Gasteiger partial charge in [-0.15, -0.1) is 11.3 Å². The van der Waals surface area contributed by atoms with Crippen molar-refractivity contribution < 1.29 is 19.1 Å². The summed E-state index contributed by atoms with van der Waals surface area (Å²) in [6.45, 7) is 6.97. The highest BCUT2D eigenvalue weighted by Crippen LogP contribution is 2.28. The number of aromatic nitrogens is 1. The van der Waals surface area contributed by atoms with Crippen LogP contribution in [0.4, 0.5) is 5.69 Å². The first-order valence-electron chi connectivity index (χ1n) is 13.1. The molecule has 0 aliphatic heterocycles. The molecule has 0 unspecified atom stereocenters. The number of ether oxygens (including phenoxy) is 1. The number of nitrogens with one attached hydrogen (secondary N) is 1. The van der Waals surface area contributed by atoms with Crippen molar-refractivity contribution in [2.45, 2.75) is 65.5 Å². The quantitative estimate of drug-likeness (QED) is 0.380. The standard InChI is InChI=1S/C29H37N3O4S/c1-5-31(23-8-6-7-20(16-23)15-19(2)3)27(33)18-32-24-13-14-37-26(24)17-25(32)28(34)30-22-11-9-21(10-12-22)29(35)36-4/h6-8,13-14,16-17,19,21-22H,5,9-12,15,18H2,1-4H3,(H,30,34). The molecule has 2 aromatic heterocycles. The van der Waals surface area contributed by atoms with Crippen LogP contribution in [0.25, 0.3) is 10.2 Å². The Labute approximate surface area is 222 Å².